The Kier molecular flexibility index (Phi) is 6.01. The first kappa shape index (κ1) is 16.5. The number of alkyl halides is 3. The fourth-order valence-electron chi connectivity index (χ4n) is 2.04. The number of rotatable bonds is 6. The second-order valence-corrected chi connectivity index (χ2v) is 4.37. The lowest BCUT2D eigenvalue weighted by Crippen LogP contribution is -2.43. The second-order valence-electron chi connectivity index (χ2n) is 4.37. The second kappa shape index (κ2) is 7.28. The van der Waals surface area contributed by atoms with Gasteiger partial charge in [0.05, 0.1) is 0 Å². The van der Waals surface area contributed by atoms with E-state index in [1.54, 1.807) is 30.3 Å². The molecule has 1 amide bonds. The molecule has 1 aromatic rings. The molecule has 6 heteroatoms. The van der Waals surface area contributed by atoms with Crippen LogP contribution < -0.4 is 5.32 Å². The molecule has 0 fully saturated rings. The van der Waals surface area contributed by atoms with Crippen LogP contribution in [-0.2, 0) is 4.79 Å². The van der Waals surface area contributed by atoms with Crippen molar-refractivity contribution in [2.45, 2.75) is 26.1 Å². The number of carbonyl (C=O) groups excluding carboxylic acids is 1. The number of hydrogen-bond acceptors (Lipinski definition) is 2. The number of benzene rings is 1. The summed E-state index contributed by atoms with van der Waals surface area (Å²) in [6.07, 6.45) is -4.40. The predicted molar refractivity (Wildman–Crippen MR) is 71.2 cm³/mol. The zero-order valence-corrected chi connectivity index (χ0v) is 11.6. The van der Waals surface area contributed by atoms with Crippen molar-refractivity contribution in [3.63, 3.8) is 0 Å². The van der Waals surface area contributed by atoms with Crippen LogP contribution in [-0.4, -0.2) is 36.6 Å². The third-order valence-electron chi connectivity index (χ3n) is 3.00. The Bertz CT molecular complexity index is 416. The average molecular weight is 288 g/mol. The summed E-state index contributed by atoms with van der Waals surface area (Å²) in [7, 11) is 0. The van der Waals surface area contributed by atoms with Gasteiger partial charge in [-0.3, -0.25) is 9.69 Å². The van der Waals surface area contributed by atoms with Gasteiger partial charge in [-0.15, -0.1) is 0 Å². The van der Waals surface area contributed by atoms with E-state index in [0.717, 1.165) is 0 Å². The van der Waals surface area contributed by atoms with E-state index in [4.69, 9.17) is 0 Å². The van der Waals surface area contributed by atoms with Gasteiger partial charge in [0, 0.05) is 0 Å². The highest BCUT2D eigenvalue weighted by Gasteiger charge is 2.31. The lowest BCUT2D eigenvalue weighted by Gasteiger charge is -2.29. The molecule has 0 heterocycles. The molecule has 3 nitrogen and oxygen atoms in total. The minimum Gasteiger partial charge on any atom is -0.345 e. The van der Waals surface area contributed by atoms with Crippen molar-refractivity contribution < 1.29 is 18.0 Å². The predicted octanol–water partition coefficient (Wildman–Crippen LogP) is 2.75. The van der Waals surface area contributed by atoms with Gasteiger partial charge in [-0.05, 0) is 18.7 Å². The minimum atomic E-state index is -4.40. The van der Waals surface area contributed by atoms with E-state index in [-0.39, 0.29) is 0 Å². The molecular formula is C14H19F3N2O. The van der Waals surface area contributed by atoms with Crippen molar-refractivity contribution >= 4 is 5.91 Å². The van der Waals surface area contributed by atoms with Gasteiger partial charge in [0.15, 0.2) is 0 Å². The molecule has 1 N–H and O–H groups in total. The van der Waals surface area contributed by atoms with Gasteiger partial charge in [-0.1, -0.05) is 44.2 Å². The van der Waals surface area contributed by atoms with E-state index in [9.17, 15) is 18.0 Å². The van der Waals surface area contributed by atoms with Gasteiger partial charge in [-0.25, -0.2) is 0 Å². The van der Waals surface area contributed by atoms with Gasteiger partial charge in [0.25, 0.3) is 0 Å². The third-order valence-corrected chi connectivity index (χ3v) is 3.00. The summed E-state index contributed by atoms with van der Waals surface area (Å²) in [6.45, 7) is 3.59. The van der Waals surface area contributed by atoms with Crippen molar-refractivity contribution in [2.24, 2.45) is 0 Å². The number of hydrogen-bond donors (Lipinski definition) is 1. The maximum Gasteiger partial charge on any atom is 0.405 e. The average Bonchev–Trinajstić information content (AvgIpc) is 2.42. The van der Waals surface area contributed by atoms with Crippen molar-refractivity contribution in [3.8, 4) is 0 Å². The van der Waals surface area contributed by atoms with Crippen LogP contribution >= 0.6 is 0 Å². The van der Waals surface area contributed by atoms with Crippen molar-refractivity contribution in [3.05, 3.63) is 35.9 Å². The molecule has 0 saturated heterocycles. The number of nitrogens with zero attached hydrogens (tertiary/aromatic N) is 1. The van der Waals surface area contributed by atoms with E-state index in [2.05, 4.69) is 0 Å². The fourth-order valence-corrected chi connectivity index (χ4v) is 2.04. The summed E-state index contributed by atoms with van der Waals surface area (Å²) >= 11 is 0. The van der Waals surface area contributed by atoms with Crippen LogP contribution in [0.15, 0.2) is 30.3 Å². The SMILES string of the molecule is CCN(CC)C(C(=O)NCC(F)(F)F)c1ccccc1. The molecule has 1 aromatic carbocycles. The minimum absolute atomic E-state index is 0.579. The smallest absolute Gasteiger partial charge is 0.345 e. The van der Waals surface area contributed by atoms with E-state index >= 15 is 0 Å². The maximum absolute atomic E-state index is 12.2. The van der Waals surface area contributed by atoms with Crippen LogP contribution in [0.2, 0.25) is 0 Å². The van der Waals surface area contributed by atoms with Crippen LogP contribution in [0.25, 0.3) is 0 Å². The van der Waals surface area contributed by atoms with Crippen LogP contribution in [0, 0.1) is 0 Å². The van der Waals surface area contributed by atoms with Crippen LogP contribution in [0.1, 0.15) is 25.5 Å². The quantitative estimate of drug-likeness (QED) is 0.873. The van der Waals surface area contributed by atoms with Crippen molar-refractivity contribution in [2.75, 3.05) is 19.6 Å². The Morgan fingerprint density at radius 2 is 1.75 bits per heavy atom. The van der Waals surface area contributed by atoms with Gasteiger partial charge < -0.3 is 5.32 Å². The number of amides is 1. The summed E-state index contributed by atoms with van der Waals surface area (Å²) in [5.41, 5.74) is 0.691. The van der Waals surface area contributed by atoms with Gasteiger partial charge in [0.2, 0.25) is 5.91 Å². The highest BCUT2D eigenvalue weighted by Crippen LogP contribution is 2.21. The number of likely N-dealkylation sites (N-methyl/N-ethyl adjacent to an activating group) is 1. The summed E-state index contributed by atoms with van der Waals surface area (Å²) in [6, 6.07) is 8.13. The Hall–Kier alpha value is -1.56. The van der Waals surface area contributed by atoms with Crippen molar-refractivity contribution in [1.82, 2.24) is 10.2 Å². The van der Waals surface area contributed by atoms with E-state index in [1.807, 2.05) is 24.1 Å². The molecule has 0 spiro atoms. The van der Waals surface area contributed by atoms with Gasteiger partial charge in [0.1, 0.15) is 12.6 Å². The zero-order valence-electron chi connectivity index (χ0n) is 11.6. The molecular weight excluding hydrogens is 269 g/mol. The summed E-state index contributed by atoms with van der Waals surface area (Å²) in [5.74, 6) is -0.628. The topological polar surface area (TPSA) is 32.3 Å². The first-order valence-electron chi connectivity index (χ1n) is 6.52. The van der Waals surface area contributed by atoms with E-state index in [1.165, 1.54) is 0 Å². The number of carbonyl (C=O) groups is 1. The Labute approximate surface area is 116 Å². The molecule has 0 aliphatic heterocycles. The molecule has 0 aromatic heterocycles. The van der Waals surface area contributed by atoms with Crippen LogP contribution in [0.4, 0.5) is 13.2 Å². The zero-order chi connectivity index (χ0) is 15.2. The molecule has 0 aliphatic carbocycles. The molecule has 1 atom stereocenters. The van der Waals surface area contributed by atoms with Crippen LogP contribution in [0.5, 0.6) is 0 Å². The van der Waals surface area contributed by atoms with Gasteiger partial charge >= 0.3 is 6.18 Å². The van der Waals surface area contributed by atoms with Gasteiger partial charge in [-0.2, -0.15) is 13.2 Å². The lowest BCUT2D eigenvalue weighted by atomic mass is 10.0. The normalized spacial score (nSPS) is 13.3. The molecule has 1 unspecified atom stereocenters. The van der Waals surface area contributed by atoms with E-state index < -0.39 is 24.7 Å². The first-order chi connectivity index (χ1) is 9.39. The highest BCUT2D eigenvalue weighted by molar-refractivity contribution is 5.83. The fraction of sp³-hybridized carbons (Fsp3) is 0.500. The largest absolute Gasteiger partial charge is 0.405 e. The summed E-state index contributed by atoms with van der Waals surface area (Å²) < 4.78 is 36.7. The summed E-state index contributed by atoms with van der Waals surface area (Å²) in [4.78, 5) is 13.9. The molecule has 112 valence electrons. The molecule has 0 radical (unpaired) electrons. The number of nitrogens with one attached hydrogen (secondary N) is 1. The van der Waals surface area contributed by atoms with E-state index in [0.29, 0.717) is 18.7 Å². The van der Waals surface area contributed by atoms with Crippen molar-refractivity contribution in [1.29, 1.82) is 0 Å². The third kappa shape index (κ3) is 4.85. The molecule has 20 heavy (non-hydrogen) atoms. The monoisotopic (exact) mass is 288 g/mol. The number of halogens is 3. The summed E-state index contributed by atoms with van der Waals surface area (Å²) in [5, 5.41) is 1.96. The Morgan fingerprint density at radius 1 is 1.20 bits per heavy atom. The van der Waals surface area contributed by atoms with Crippen LogP contribution in [0.3, 0.4) is 0 Å². The molecule has 0 bridgehead atoms. The highest BCUT2D eigenvalue weighted by atomic mass is 19.4. The molecule has 0 aliphatic rings. The molecule has 1 rings (SSSR count). The maximum atomic E-state index is 12.2. The first-order valence-corrected chi connectivity index (χ1v) is 6.52. The Balaban J connectivity index is 2.91. The lowest BCUT2D eigenvalue weighted by molar-refractivity contribution is -0.141. The molecule has 0 saturated carbocycles. The standard InChI is InChI=1S/C14H19F3N2O/c1-3-19(4-2)12(11-8-6-5-7-9-11)13(20)18-10-14(15,16)17/h5-9,12H,3-4,10H2,1-2H3,(H,18,20). The Morgan fingerprint density at radius 3 is 2.20 bits per heavy atom.